The summed E-state index contributed by atoms with van der Waals surface area (Å²) in [6.07, 6.45) is 6.87. The van der Waals surface area contributed by atoms with Gasteiger partial charge in [-0.2, -0.15) is 11.8 Å². The Balaban J connectivity index is 1.71. The predicted octanol–water partition coefficient (Wildman–Crippen LogP) is 2.30. The highest BCUT2D eigenvalue weighted by Crippen LogP contribution is 2.18. The van der Waals surface area contributed by atoms with Crippen molar-refractivity contribution in [3.63, 3.8) is 0 Å². The van der Waals surface area contributed by atoms with E-state index in [-0.39, 0.29) is 6.03 Å². The number of nitrogens with one attached hydrogen (secondary N) is 1. The zero-order valence-electron chi connectivity index (χ0n) is 14.4. The molecule has 2 atom stereocenters. The van der Waals surface area contributed by atoms with Gasteiger partial charge in [0.25, 0.3) is 0 Å². The fourth-order valence-electron chi connectivity index (χ4n) is 2.90. The summed E-state index contributed by atoms with van der Waals surface area (Å²) in [7, 11) is 2.13. The topological polar surface area (TPSA) is 48.5 Å². The molecule has 23 heavy (non-hydrogen) atoms. The van der Waals surface area contributed by atoms with E-state index in [1.807, 2.05) is 17.2 Å². The van der Waals surface area contributed by atoms with Crippen LogP contribution in [0.3, 0.4) is 0 Å². The van der Waals surface area contributed by atoms with E-state index in [4.69, 9.17) is 0 Å². The lowest BCUT2D eigenvalue weighted by molar-refractivity contribution is 0.204. The summed E-state index contributed by atoms with van der Waals surface area (Å²) in [4.78, 5) is 20.6. The standard InChI is InChI=1S/C17H28N4OS/c1-14(23-3)9-19-17(22)21-8-6-16(13-21)12-20(2)11-15-5-4-7-18-10-15/h4-5,7,10,14,16H,6,8-9,11-13H2,1-3H3,(H,19,22)/t14-,16+/m0/s1. The SMILES string of the molecule is CS[C@@H](C)CNC(=O)N1CC[C@H](CN(C)Cc2cccnc2)C1. The molecule has 0 aromatic carbocycles. The van der Waals surface area contributed by atoms with Gasteiger partial charge in [-0.25, -0.2) is 4.79 Å². The number of pyridine rings is 1. The van der Waals surface area contributed by atoms with Gasteiger partial charge in [0.15, 0.2) is 0 Å². The molecule has 0 spiro atoms. The average Bonchev–Trinajstić information content (AvgIpc) is 3.01. The minimum absolute atomic E-state index is 0.0864. The number of carbonyl (C=O) groups excluding carboxylic acids is 1. The van der Waals surface area contributed by atoms with E-state index >= 15 is 0 Å². The highest BCUT2D eigenvalue weighted by Gasteiger charge is 2.27. The van der Waals surface area contributed by atoms with Crippen LogP contribution in [0.5, 0.6) is 0 Å². The van der Waals surface area contributed by atoms with Gasteiger partial charge in [0.05, 0.1) is 0 Å². The molecule has 1 aliphatic heterocycles. The number of carbonyl (C=O) groups is 1. The van der Waals surface area contributed by atoms with Gasteiger partial charge in [-0.1, -0.05) is 13.0 Å². The van der Waals surface area contributed by atoms with Gasteiger partial charge in [0.1, 0.15) is 0 Å². The zero-order valence-corrected chi connectivity index (χ0v) is 15.2. The molecule has 2 rings (SSSR count). The molecule has 0 aliphatic carbocycles. The number of nitrogens with zero attached hydrogens (tertiary/aromatic N) is 3. The number of amides is 2. The second-order valence-electron chi connectivity index (χ2n) is 6.39. The van der Waals surface area contributed by atoms with E-state index in [2.05, 4.69) is 41.5 Å². The van der Waals surface area contributed by atoms with Crippen LogP contribution in [0, 0.1) is 5.92 Å². The van der Waals surface area contributed by atoms with Crippen molar-refractivity contribution in [2.75, 3.05) is 39.5 Å². The van der Waals surface area contributed by atoms with Crippen molar-refractivity contribution in [1.82, 2.24) is 20.1 Å². The quantitative estimate of drug-likeness (QED) is 0.830. The van der Waals surface area contributed by atoms with Gasteiger partial charge < -0.3 is 15.1 Å². The maximum Gasteiger partial charge on any atom is 0.317 e. The third kappa shape index (κ3) is 6.03. The van der Waals surface area contributed by atoms with Crippen LogP contribution in [0.1, 0.15) is 18.9 Å². The maximum atomic E-state index is 12.2. The van der Waals surface area contributed by atoms with Crippen LogP contribution in [0.15, 0.2) is 24.5 Å². The van der Waals surface area contributed by atoms with Crippen molar-refractivity contribution in [3.05, 3.63) is 30.1 Å². The van der Waals surface area contributed by atoms with Gasteiger partial charge in [-0.3, -0.25) is 4.98 Å². The molecule has 1 fully saturated rings. The Hall–Kier alpha value is -1.27. The molecular weight excluding hydrogens is 308 g/mol. The highest BCUT2D eigenvalue weighted by atomic mass is 32.2. The van der Waals surface area contributed by atoms with E-state index in [9.17, 15) is 4.79 Å². The number of rotatable bonds is 7. The first-order valence-electron chi connectivity index (χ1n) is 8.21. The molecule has 0 bridgehead atoms. The summed E-state index contributed by atoms with van der Waals surface area (Å²) >= 11 is 1.77. The van der Waals surface area contributed by atoms with Crippen molar-refractivity contribution in [1.29, 1.82) is 0 Å². The van der Waals surface area contributed by atoms with Crippen molar-refractivity contribution < 1.29 is 4.79 Å². The molecule has 1 N–H and O–H groups in total. The second-order valence-corrected chi connectivity index (χ2v) is 7.67. The summed E-state index contributed by atoms with van der Waals surface area (Å²) in [5.74, 6) is 0.556. The van der Waals surface area contributed by atoms with Crippen molar-refractivity contribution in [3.8, 4) is 0 Å². The Morgan fingerprint density at radius 2 is 2.43 bits per heavy atom. The van der Waals surface area contributed by atoms with Gasteiger partial charge in [0, 0.05) is 50.4 Å². The van der Waals surface area contributed by atoms with Crippen molar-refractivity contribution in [2.45, 2.75) is 25.1 Å². The van der Waals surface area contributed by atoms with E-state index in [1.165, 1.54) is 5.56 Å². The normalized spacial score (nSPS) is 19.1. The fraction of sp³-hybridized carbons (Fsp3) is 0.647. The van der Waals surface area contributed by atoms with E-state index in [0.29, 0.717) is 11.2 Å². The summed E-state index contributed by atoms with van der Waals surface area (Å²) in [5, 5.41) is 3.49. The molecule has 1 aromatic rings. The molecule has 2 amide bonds. The monoisotopic (exact) mass is 336 g/mol. The summed E-state index contributed by atoms with van der Waals surface area (Å²) in [5.41, 5.74) is 1.23. The zero-order chi connectivity index (χ0) is 16.7. The van der Waals surface area contributed by atoms with Crippen LogP contribution in [0.4, 0.5) is 4.79 Å². The Kier molecular flexibility index (Phi) is 7.17. The van der Waals surface area contributed by atoms with Crippen LogP contribution in [0.25, 0.3) is 0 Å². The minimum Gasteiger partial charge on any atom is -0.337 e. The predicted molar refractivity (Wildman–Crippen MR) is 96.6 cm³/mol. The minimum atomic E-state index is 0.0864. The van der Waals surface area contributed by atoms with Crippen LogP contribution in [-0.4, -0.2) is 65.5 Å². The molecule has 0 unspecified atom stereocenters. The summed E-state index contributed by atoms with van der Waals surface area (Å²) in [6.45, 7) is 6.51. The van der Waals surface area contributed by atoms with Crippen LogP contribution in [-0.2, 0) is 6.54 Å². The number of urea groups is 1. The molecule has 0 saturated carbocycles. The largest absolute Gasteiger partial charge is 0.337 e. The Bertz CT molecular complexity index is 485. The number of hydrogen-bond acceptors (Lipinski definition) is 4. The molecule has 128 valence electrons. The van der Waals surface area contributed by atoms with E-state index in [0.717, 1.165) is 39.1 Å². The number of thioether (sulfide) groups is 1. The average molecular weight is 337 g/mol. The number of hydrogen-bond donors (Lipinski definition) is 1. The Morgan fingerprint density at radius 1 is 1.61 bits per heavy atom. The molecule has 5 nitrogen and oxygen atoms in total. The molecule has 6 heteroatoms. The van der Waals surface area contributed by atoms with Crippen molar-refractivity contribution in [2.24, 2.45) is 5.92 Å². The molecule has 1 saturated heterocycles. The maximum absolute atomic E-state index is 12.2. The molecular formula is C17H28N4OS. The Labute approximate surface area is 143 Å². The highest BCUT2D eigenvalue weighted by molar-refractivity contribution is 7.99. The van der Waals surface area contributed by atoms with Gasteiger partial charge in [0.2, 0.25) is 0 Å². The lowest BCUT2D eigenvalue weighted by atomic mass is 10.1. The lowest BCUT2D eigenvalue weighted by Gasteiger charge is -2.22. The molecule has 2 heterocycles. The first-order chi connectivity index (χ1) is 11.1. The van der Waals surface area contributed by atoms with Crippen molar-refractivity contribution >= 4 is 17.8 Å². The fourth-order valence-corrected chi connectivity index (χ4v) is 3.15. The van der Waals surface area contributed by atoms with Gasteiger partial charge in [-0.15, -0.1) is 0 Å². The second kappa shape index (κ2) is 9.13. The smallest absolute Gasteiger partial charge is 0.317 e. The Morgan fingerprint density at radius 3 is 3.13 bits per heavy atom. The van der Waals surface area contributed by atoms with Crippen LogP contribution >= 0.6 is 11.8 Å². The van der Waals surface area contributed by atoms with Crippen LogP contribution in [0.2, 0.25) is 0 Å². The third-order valence-electron chi connectivity index (χ3n) is 4.26. The molecule has 0 radical (unpaired) electrons. The van der Waals surface area contributed by atoms with E-state index < -0.39 is 0 Å². The third-order valence-corrected chi connectivity index (χ3v) is 5.23. The first-order valence-corrected chi connectivity index (χ1v) is 9.50. The number of likely N-dealkylation sites (tertiary alicyclic amines) is 1. The summed E-state index contributed by atoms with van der Waals surface area (Å²) in [6, 6.07) is 4.16. The molecule has 1 aromatic heterocycles. The van der Waals surface area contributed by atoms with Gasteiger partial charge >= 0.3 is 6.03 Å². The van der Waals surface area contributed by atoms with E-state index in [1.54, 1.807) is 18.0 Å². The lowest BCUT2D eigenvalue weighted by Crippen LogP contribution is -2.41. The number of aromatic nitrogens is 1. The van der Waals surface area contributed by atoms with Gasteiger partial charge in [-0.05, 0) is 37.3 Å². The molecule has 1 aliphatic rings. The first kappa shape index (κ1) is 18.1. The summed E-state index contributed by atoms with van der Waals surface area (Å²) < 4.78 is 0. The van der Waals surface area contributed by atoms with Crippen LogP contribution < -0.4 is 5.32 Å².